The maximum atomic E-state index is 12.1. The number of ether oxygens (including phenoxy) is 1. The van der Waals surface area contributed by atoms with Gasteiger partial charge in [0.15, 0.2) is 0 Å². The van der Waals surface area contributed by atoms with Crippen LogP contribution in [-0.2, 0) is 6.42 Å². The Bertz CT molecular complexity index is 661. The van der Waals surface area contributed by atoms with E-state index >= 15 is 0 Å². The largest absolute Gasteiger partial charge is 0.594 e. The summed E-state index contributed by atoms with van der Waals surface area (Å²) in [5.74, 6) is 1.30. The average molecular weight is 310 g/mol. The van der Waals surface area contributed by atoms with Gasteiger partial charge in [0, 0.05) is 17.2 Å². The van der Waals surface area contributed by atoms with Crippen molar-refractivity contribution < 1.29 is 9.60 Å². The molecule has 1 atom stereocenters. The first kappa shape index (κ1) is 16.7. The summed E-state index contributed by atoms with van der Waals surface area (Å²) in [6.45, 7) is 7.90. The fourth-order valence-electron chi connectivity index (χ4n) is 2.16. The van der Waals surface area contributed by atoms with E-state index in [1.165, 1.54) is 11.8 Å². The zero-order valence-corrected chi connectivity index (χ0v) is 13.6. The fraction of sp³-hybridized carbons (Fsp3) is 0.263. The van der Waals surface area contributed by atoms with E-state index in [1.54, 1.807) is 24.3 Å². The van der Waals surface area contributed by atoms with Gasteiger partial charge in [-0.25, -0.2) is 0 Å². The first-order chi connectivity index (χ1) is 11.1. The molecular formula is C19H22N2O2. The van der Waals surface area contributed by atoms with Crippen LogP contribution in [0.3, 0.4) is 0 Å². The Kier molecular flexibility index (Phi) is 5.92. The molecule has 0 saturated carbocycles. The maximum absolute atomic E-state index is 12.1. The first-order valence-electron chi connectivity index (χ1n) is 7.78. The predicted octanol–water partition coefficient (Wildman–Crippen LogP) is 5.72. The zero-order valence-electron chi connectivity index (χ0n) is 13.6. The summed E-state index contributed by atoms with van der Waals surface area (Å²) >= 11 is 0. The van der Waals surface area contributed by atoms with Crippen molar-refractivity contribution in [3.8, 4) is 5.75 Å². The Hall–Kier alpha value is -2.62. The summed E-state index contributed by atoms with van der Waals surface area (Å²) in [6.07, 6.45) is 3.53. The molecule has 4 heteroatoms. The highest BCUT2D eigenvalue weighted by molar-refractivity contribution is 5.41. The van der Waals surface area contributed by atoms with Crippen LogP contribution in [0, 0.1) is 11.1 Å². The van der Waals surface area contributed by atoms with Crippen LogP contribution in [0.25, 0.3) is 0 Å². The van der Waals surface area contributed by atoms with Crippen molar-refractivity contribution in [3.05, 3.63) is 72.1 Å². The molecule has 0 amide bonds. The van der Waals surface area contributed by atoms with Gasteiger partial charge in [0.2, 0.25) is 5.69 Å². The molecule has 0 aromatic heterocycles. The molecule has 0 aliphatic heterocycles. The van der Waals surface area contributed by atoms with Gasteiger partial charge < -0.3 is 9.94 Å². The van der Waals surface area contributed by atoms with Gasteiger partial charge in [0.05, 0.1) is 6.26 Å². The first-order valence-corrected chi connectivity index (χ1v) is 7.78. The van der Waals surface area contributed by atoms with Crippen molar-refractivity contribution >= 4 is 11.4 Å². The van der Waals surface area contributed by atoms with Gasteiger partial charge in [0.25, 0.3) is 0 Å². The molecule has 4 nitrogen and oxygen atoms in total. The van der Waals surface area contributed by atoms with E-state index in [-0.39, 0.29) is 0 Å². The van der Waals surface area contributed by atoms with Crippen molar-refractivity contribution in [2.75, 3.05) is 0 Å². The summed E-state index contributed by atoms with van der Waals surface area (Å²) in [6, 6.07) is 14.5. The monoisotopic (exact) mass is 310 g/mol. The van der Waals surface area contributed by atoms with Crippen LogP contribution < -0.4 is 4.74 Å². The lowest BCUT2D eigenvalue weighted by atomic mass is 9.99. The number of azo groups is 1. The Balaban J connectivity index is 2.09. The van der Waals surface area contributed by atoms with E-state index in [2.05, 4.69) is 25.5 Å². The molecule has 1 unspecified atom stereocenters. The smallest absolute Gasteiger partial charge is 0.244 e. The summed E-state index contributed by atoms with van der Waals surface area (Å²) < 4.78 is 5.13. The average Bonchev–Trinajstić information content (AvgIpc) is 2.57. The van der Waals surface area contributed by atoms with Crippen LogP contribution in [-0.4, -0.2) is 4.86 Å². The van der Waals surface area contributed by atoms with Crippen molar-refractivity contribution in [2.45, 2.75) is 26.7 Å². The minimum absolute atomic E-state index is 0.518. The van der Waals surface area contributed by atoms with Gasteiger partial charge in [-0.2, -0.15) is 0 Å². The van der Waals surface area contributed by atoms with Crippen molar-refractivity contribution in [3.63, 3.8) is 0 Å². The Morgan fingerprint density at radius 3 is 2.39 bits per heavy atom. The topological polar surface area (TPSA) is 47.7 Å². The lowest BCUT2D eigenvalue weighted by Gasteiger charge is -2.08. The third-order valence-electron chi connectivity index (χ3n) is 3.70. The molecule has 23 heavy (non-hydrogen) atoms. The molecule has 0 saturated heterocycles. The van der Waals surface area contributed by atoms with E-state index < -0.39 is 0 Å². The predicted molar refractivity (Wildman–Crippen MR) is 92.2 cm³/mol. The lowest BCUT2D eigenvalue weighted by molar-refractivity contribution is -0.435. The lowest BCUT2D eigenvalue weighted by Crippen LogP contribution is -1.98. The van der Waals surface area contributed by atoms with Crippen molar-refractivity contribution in [2.24, 2.45) is 11.0 Å². The maximum Gasteiger partial charge on any atom is 0.244 e. The van der Waals surface area contributed by atoms with E-state index in [0.717, 1.165) is 12.8 Å². The van der Waals surface area contributed by atoms with Crippen LogP contribution in [0.4, 0.5) is 11.4 Å². The molecule has 2 aromatic carbocycles. The normalized spacial score (nSPS) is 12.7. The molecule has 0 fully saturated rings. The quantitative estimate of drug-likeness (QED) is 0.284. The molecule has 2 aromatic rings. The highest BCUT2D eigenvalue weighted by Gasteiger charge is 2.06. The van der Waals surface area contributed by atoms with E-state index in [4.69, 9.17) is 4.74 Å². The molecule has 0 heterocycles. The molecular weight excluding hydrogens is 288 g/mol. The van der Waals surface area contributed by atoms with Crippen LogP contribution in [0.15, 0.2) is 66.5 Å². The summed E-state index contributed by atoms with van der Waals surface area (Å²) in [7, 11) is 0. The van der Waals surface area contributed by atoms with E-state index in [9.17, 15) is 5.21 Å². The number of hydrogen-bond acceptors (Lipinski definition) is 3. The summed E-state index contributed by atoms with van der Waals surface area (Å²) in [4.78, 5) is 0.635. The molecule has 0 radical (unpaired) electrons. The molecule has 0 N–H and O–H groups in total. The van der Waals surface area contributed by atoms with Crippen molar-refractivity contribution in [1.29, 1.82) is 0 Å². The Morgan fingerprint density at radius 2 is 1.83 bits per heavy atom. The minimum atomic E-state index is 0.518. The second-order valence-electron chi connectivity index (χ2n) is 5.54. The fourth-order valence-corrected chi connectivity index (χ4v) is 2.16. The van der Waals surface area contributed by atoms with Crippen molar-refractivity contribution in [1.82, 2.24) is 0 Å². The Morgan fingerprint density at radius 1 is 1.17 bits per heavy atom. The van der Waals surface area contributed by atoms with Crippen LogP contribution in [0.1, 0.15) is 25.8 Å². The van der Waals surface area contributed by atoms with Gasteiger partial charge >= 0.3 is 0 Å². The summed E-state index contributed by atoms with van der Waals surface area (Å²) in [5, 5.41) is 16.2. The van der Waals surface area contributed by atoms with Gasteiger partial charge in [0.1, 0.15) is 11.4 Å². The van der Waals surface area contributed by atoms with E-state index in [0.29, 0.717) is 27.9 Å². The summed E-state index contributed by atoms with van der Waals surface area (Å²) in [5.41, 5.74) is 2.33. The zero-order chi connectivity index (χ0) is 16.7. The third-order valence-corrected chi connectivity index (χ3v) is 3.70. The molecule has 0 aliphatic rings. The van der Waals surface area contributed by atoms with Gasteiger partial charge in [-0.3, -0.25) is 0 Å². The molecule has 2 rings (SSSR count). The number of rotatable bonds is 7. The number of hydrogen-bond donors (Lipinski definition) is 0. The minimum Gasteiger partial charge on any atom is -0.594 e. The van der Waals surface area contributed by atoms with Crippen LogP contribution >= 0.6 is 0 Å². The second-order valence-corrected chi connectivity index (χ2v) is 5.54. The van der Waals surface area contributed by atoms with Gasteiger partial charge in [-0.05, 0) is 42.2 Å². The molecule has 0 spiro atoms. The highest BCUT2D eigenvalue weighted by Crippen LogP contribution is 2.22. The molecule has 120 valence electrons. The number of benzene rings is 2. The number of nitrogens with zero attached hydrogens (tertiary/aromatic N) is 2. The third kappa shape index (κ3) is 4.95. The second kappa shape index (κ2) is 8.13. The van der Waals surface area contributed by atoms with Gasteiger partial charge in [-0.15, -0.1) is 0 Å². The van der Waals surface area contributed by atoms with E-state index in [1.807, 2.05) is 24.3 Å². The SMILES string of the molecule is C=COc1ccc(N=[N+]([O-])c2ccc(CC(C)CC)cc2)cc1. The van der Waals surface area contributed by atoms with Crippen LogP contribution in [0.2, 0.25) is 0 Å². The standard InChI is InChI=1S/C19H22N2O2/c1-4-15(3)14-16-6-10-18(11-7-16)21(22)20-17-8-12-19(13-9-17)23-5-2/h5-13,15H,2,4,14H2,1,3H3. The highest BCUT2D eigenvalue weighted by atomic mass is 16.5. The molecule has 0 aliphatic carbocycles. The van der Waals surface area contributed by atoms with Gasteiger partial charge in [-0.1, -0.05) is 43.8 Å². The Labute approximate surface area is 137 Å². The van der Waals surface area contributed by atoms with Crippen LogP contribution in [0.5, 0.6) is 5.75 Å². The molecule has 0 bridgehead atoms.